The van der Waals surface area contributed by atoms with E-state index in [1.54, 1.807) is 0 Å². The lowest BCUT2D eigenvalue weighted by atomic mass is 10.1. The van der Waals surface area contributed by atoms with Crippen molar-refractivity contribution in [3.05, 3.63) is 68.7 Å². The number of nitrogens with one attached hydrogen (secondary N) is 2. The maximum atomic E-state index is 11.8. The molecule has 0 saturated heterocycles. The van der Waals surface area contributed by atoms with Gasteiger partial charge in [-0.25, -0.2) is 4.79 Å². The Morgan fingerprint density at radius 1 is 1.10 bits per heavy atom. The van der Waals surface area contributed by atoms with Crippen LogP contribution in [-0.4, -0.2) is 6.03 Å². The highest BCUT2D eigenvalue weighted by molar-refractivity contribution is 9.10. The van der Waals surface area contributed by atoms with Crippen LogP contribution >= 0.6 is 27.5 Å². The Kier molecular flexibility index (Phi) is 5.65. The highest BCUT2D eigenvalue weighted by atomic mass is 79.9. The zero-order valence-corrected chi connectivity index (χ0v) is 14.0. The van der Waals surface area contributed by atoms with Crippen LogP contribution in [0.4, 0.5) is 4.79 Å². The highest BCUT2D eigenvalue weighted by Crippen LogP contribution is 2.21. The standard InChI is InChI=1S/C16H16BrClN2O/c1-11-4-2-3-5-12(11)9-19-16(21)20-10-13-6-7-14(17)8-15(13)18/h2-8H,9-10H2,1H3,(H2,19,20,21). The molecule has 0 atom stereocenters. The minimum atomic E-state index is -0.211. The van der Waals surface area contributed by atoms with Gasteiger partial charge in [0.15, 0.2) is 0 Å². The number of aryl methyl sites for hydroxylation is 1. The van der Waals surface area contributed by atoms with Crippen LogP contribution < -0.4 is 10.6 Å². The van der Waals surface area contributed by atoms with Gasteiger partial charge in [-0.3, -0.25) is 0 Å². The van der Waals surface area contributed by atoms with Crippen LogP contribution in [0.3, 0.4) is 0 Å². The molecule has 0 fully saturated rings. The molecule has 0 saturated carbocycles. The number of rotatable bonds is 4. The fraction of sp³-hybridized carbons (Fsp3) is 0.188. The first kappa shape index (κ1) is 15.9. The van der Waals surface area contributed by atoms with Gasteiger partial charge in [-0.1, -0.05) is 57.9 Å². The molecule has 0 aromatic heterocycles. The molecule has 2 N–H and O–H groups in total. The van der Waals surface area contributed by atoms with E-state index in [0.29, 0.717) is 18.1 Å². The molecular formula is C16H16BrClN2O. The van der Waals surface area contributed by atoms with E-state index in [4.69, 9.17) is 11.6 Å². The minimum absolute atomic E-state index is 0.211. The Labute approximate surface area is 137 Å². The van der Waals surface area contributed by atoms with Crippen molar-refractivity contribution >= 4 is 33.6 Å². The summed E-state index contributed by atoms with van der Waals surface area (Å²) in [6, 6.07) is 13.3. The minimum Gasteiger partial charge on any atom is -0.334 e. The van der Waals surface area contributed by atoms with Gasteiger partial charge in [0, 0.05) is 22.6 Å². The van der Waals surface area contributed by atoms with Gasteiger partial charge in [0.2, 0.25) is 0 Å². The fourth-order valence-electron chi connectivity index (χ4n) is 1.89. The number of amides is 2. The second kappa shape index (κ2) is 7.48. The van der Waals surface area contributed by atoms with Gasteiger partial charge in [-0.05, 0) is 35.7 Å². The van der Waals surface area contributed by atoms with Gasteiger partial charge >= 0.3 is 6.03 Å². The maximum Gasteiger partial charge on any atom is 0.315 e. The van der Waals surface area contributed by atoms with E-state index < -0.39 is 0 Å². The summed E-state index contributed by atoms with van der Waals surface area (Å²) in [6.45, 7) is 2.93. The van der Waals surface area contributed by atoms with Crippen LogP contribution in [0.25, 0.3) is 0 Å². The van der Waals surface area contributed by atoms with Crippen molar-refractivity contribution in [3.8, 4) is 0 Å². The number of urea groups is 1. The van der Waals surface area contributed by atoms with Crippen LogP contribution in [0.5, 0.6) is 0 Å². The number of carbonyl (C=O) groups excluding carboxylic acids is 1. The molecule has 0 aliphatic heterocycles. The first-order valence-electron chi connectivity index (χ1n) is 6.56. The third kappa shape index (κ3) is 4.76. The second-order valence-corrected chi connectivity index (χ2v) is 6.02. The molecule has 0 aliphatic carbocycles. The molecule has 2 rings (SSSR count). The SMILES string of the molecule is Cc1ccccc1CNC(=O)NCc1ccc(Br)cc1Cl. The normalized spacial score (nSPS) is 10.2. The number of halogens is 2. The zero-order chi connectivity index (χ0) is 15.2. The number of carbonyl (C=O) groups is 1. The van der Waals surface area contributed by atoms with Crippen molar-refractivity contribution in [2.45, 2.75) is 20.0 Å². The van der Waals surface area contributed by atoms with E-state index in [0.717, 1.165) is 21.2 Å². The summed E-state index contributed by atoms with van der Waals surface area (Å²) in [6.07, 6.45) is 0. The Balaban J connectivity index is 1.84. The fourth-order valence-corrected chi connectivity index (χ4v) is 2.63. The van der Waals surface area contributed by atoms with Gasteiger partial charge in [0.1, 0.15) is 0 Å². The molecule has 0 aliphatic rings. The van der Waals surface area contributed by atoms with E-state index in [2.05, 4.69) is 26.6 Å². The molecule has 0 unspecified atom stereocenters. The summed E-state index contributed by atoms with van der Waals surface area (Å²) in [5.74, 6) is 0. The predicted octanol–water partition coefficient (Wildman–Crippen LogP) is 4.41. The quantitative estimate of drug-likeness (QED) is 0.825. The maximum absolute atomic E-state index is 11.8. The average molecular weight is 368 g/mol. The third-order valence-electron chi connectivity index (χ3n) is 3.16. The first-order valence-corrected chi connectivity index (χ1v) is 7.73. The van der Waals surface area contributed by atoms with Crippen molar-refractivity contribution in [3.63, 3.8) is 0 Å². The zero-order valence-electron chi connectivity index (χ0n) is 11.6. The second-order valence-electron chi connectivity index (χ2n) is 4.70. The third-order valence-corrected chi connectivity index (χ3v) is 4.00. The van der Waals surface area contributed by atoms with Crippen molar-refractivity contribution in [2.75, 3.05) is 0 Å². The van der Waals surface area contributed by atoms with Gasteiger partial charge in [-0.2, -0.15) is 0 Å². The molecule has 110 valence electrons. The highest BCUT2D eigenvalue weighted by Gasteiger charge is 2.05. The van der Waals surface area contributed by atoms with E-state index in [-0.39, 0.29) is 6.03 Å². The summed E-state index contributed by atoms with van der Waals surface area (Å²) < 4.78 is 0.917. The van der Waals surface area contributed by atoms with Crippen molar-refractivity contribution < 1.29 is 4.79 Å². The molecule has 2 aromatic carbocycles. The van der Waals surface area contributed by atoms with Crippen LogP contribution in [0, 0.1) is 6.92 Å². The van der Waals surface area contributed by atoms with Gasteiger partial charge in [0.25, 0.3) is 0 Å². The van der Waals surface area contributed by atoms with Crippen LogP contribution in [-0.2, 0) is 13.1 Å². The Hall–Kier alpha value is -1.52. The molecule has 0 spiro atoms. The molecular weight excluding hydrogens is 352 g/mol. The molecule has 0 bridgehead atoms. The molecule has 0 heterocycles. The predicted molar refractivity (Wildman–Crippen MR) is 89.4 cm³/mol. The van der Waals surface area contributed by atoms with Crippen molar-refractivity contribution in [1.82, 2.24) is 10.6 Å². The van der Waals surface area contributed by atoms with E-state index in [1.165, 1.54) is 0 Å². The van der Waals surface area contributed by atoms with Gasteiger partial charge in [-0.15, -0.1) is 0 Å². The summed E-state index contributed by atoms with van der Waals surface area (Å²) >= 11 is 9.45. The molecule has 5 heteroatoms. The average Bonchev–Trinajstić information content (AvgIpc) is 2.45. The first-order chi connectivity index (χ1) is 10.1. The molecule has 2 aromatic rings. The van der Waals surface area contributed by atoms with Crippen LogP contribution in [0.1, 0.15) is 16.7 Å². The summed E-state index contributed by atoms with van der Waals surface area (Å²) in [5.41, 5.74) is 3.15. The van der Waals surface area contributed by atoms with Crippen molar-refractivity contribution in [2.24, 2.45) is 0 Å². The Morgan fingerprint density at radius 3 is 2.43 bits per heavy atom. The monoisotopic (exact) mass is 366 g/mol. The summed E-state index contributed by atoms with van der Waals surface area (Å²) in [5, 5.41) is 6.27. The lowest BCUT2D eigenvalue weighted by molar-refractivity contribution is 0.240. The Bertz CT molecular complexity index is 646. The summed E-state index contributed by atoms with van der Waals surface area (Å²) in [7, 11) is 0. The molecule has 21 heavy (non-hydrogen) atoms. The molecule has 0 radical (unpaired) electrons. The largest absolute Gasteiger partial charge is 0.334 e. The number of hydrogen-bond donors (Lipinski definition) is 2. The van der Waals surface area contributed by atoms with Crippen molar-refractivity contribution in [1.29, 1.82) is 0 Å². The van der Waals surface area contributed by atoms with Gasteiger partial charge < -0.3 is 10.6 Å². The lowest BCUT2D eigenvalue weighted by Crippen LogP contribution is -2.34. The molecule has 3 nitrogen and oxygen atoms in total. The Morgan fingerprint density at radius 2 is 1.76 bits per heavy atom. The van der Waals surface area contributed by atoms with E-state index in [9.17, 15) is 4.79 Å². The van der Waals surface area contributed by atoms with Gasteiger partial charge in [0.05, 0.1) is 0 Å². The summed E-state index contributed by atoms with van der Waals surface area (Å²) in [4.78, 5) is 11.8. The smallest absolute Gasteiger partial charge is 0.315 e. The number of benzene rings is 2. The lowest BCUT2D eigenvalue weighted by Gasteiger charge is -2.10. The number of hydrogen-bond acceptors (Lipinski definition) is 1. The van der Waals surface area contributed by atoms with E-state index in [1.807, 2.05) is 49.4 Å². The van der Waals surface area contributed by atoms with E-state index >= 15 is 0 Å². The molecule has 2 amide bonds. The van der Waals surface area contributed by atoms with Crippen LogP contribution in [0.2, 0.25) is 5.02 Å². The van der Waals surface area contributed by atoms with Crippen LogP contribution in [0.15, 0.2) is 46.9 Å². The topological polar surface area (TPSA) is 41.1 Å².